The molecule has 1 fully saturated rings. The van der Waals surface area contributed by atoms with E-state index in [1.165, 1.54) is 6.20 Å². The van der Waals surface area contributed by atoms with Crippen molar-refractivity contribution in [2.45, 2.75) is 37.6 Å². The van der Waals surface area contributed by atoms with Crippen LogP contribution in [0.3, 0.4) is 0 Å². The number of rotatable bonds is 4. The van der Waals surface area contributed by atoms with E-state index in [1.807, 2.05) is 42.5 Å². The second kappa shape index (κ2) is 7.77. The van der Waals surface area contributed by atoms with Crippen LogP contribution in [-0.2, 0) is 4.79 Å². The van der Waals surface area contributed by atoms with Gasteiger partial charge in [0.15, 0.2) is 0 Å². The Morgan fingerprint density at radius 2 is 1.83 bits per heavy atom. The first-order valence-electron chi connectivity index (χ1n) is 8.39. The summed E-state index contributed by atoms with van der Waals surface area (Å²) >= 11 is 0. The van der Waals surface area contributed by atoms with Gasteiger partial charge in [-0.15, -0.1) is 0 Å². The zero-order valence-corrected chi connectivity index (χ0v) is 13.6. The van der Waals surface area contributed by atoms with Crippen molar-refractivity contribution in [1.29, 1.82) is 0 Å². The molecule has 1 aliphatic rings. The van der Waals surface area contributed by atoms with E-state index >= 15 is 0 Å². The molecule has 0 spiro atoms. The molecule has 24 heavy (non-hydrogen) atoms. The van der Waals surface area contributed by atoms with Gasteiger partial charge < -0.3 is 10.4 Å². The third-order valence-electron chi connectivity index (χ3n) is 4.49. The van der Waals surface area contributed by atoms with Crippen LogP contribution in [0.25, 0.3) is 6.08 Å². The quantitative estimate of drug-likeness (QED) is 0.845. The molecule has 124 valence electrons. The summed E-state index contributed by atoms with van der Waals surface area (Å²) in [6.07, 6.45) is 8.86. The van der Waals surface area contributed by atoms with Gasteiger partial charge in [-0.05, 0) is 49.5 Å². The lowest BCUT2D eigenvalue weighted by molar-refractivity contribution is -0.117. The highest BCUT2D eigenvalue weighted by molar-refractivity contribution is 5.91. The summed E-state index contributed by atoms with van der Waals surface area (Å²) in [6.45, 7) is 0. The summed E-state index contributed by atoms with van der Waals surface area (Å²) in [4.78, 5) is 16.3. The van der Waals surface area contributed by atoms with Gasteiger partial charge in [-0.3, -0.25) is 9.78 Å². The Bertz CT molecular complexity index is 687. The minimum atomic E-state index is -0.0370. The van der Waals surface area contributed by atoms with Crippen molar-refractivity contribution >= 4 is 12.0 Å². The van der Waals surface area contributed by atoms with Crippen molar-refractivity contribution < 1.29 is 9.90 Å². The Morgan fingerprint density at radius 3 is 2.50 bits per heavy atom. The van der Waals surface area contributed by atoms with Gasteiger partial charge >= 0.3 is 0 Å². The molecule has 1 aliphatic carbocycles. The Kier molecular flexibility index (Phi) is 5.26. The molecule has 0 atom stereocenters. The van der Waals surface area contributed by atoms with Gasteiger partial charge in [-0.2, -0.15) is 0 Å². The average molecular weight is 322 g/mol. The maximum atomic E-state index is 12.0. The SMILES string of the molecule is O=C(/C=C/c1ccccc1)NC1CCC(c2ccc(O)cn2)CC1. The molecule has 4 nitrogen and oxygen atoms in total. The molecule has 0 bridgehead atoms. The van der Waals surface area contributed by atoms with E-state index < -0.39 is 0 Å². The lowest BCUT2D eigenvalue weighted by atomic mass is 9.84. The maximum absolute atomic E-state index is 12.0. The summed E-state index contributed by atoms with van der Waals surface area (Å²) < 4.78 is 0. The number of aromatic hydroxyl groups is 1. The lowest BCUT2D eigenvalue weighted by Gasteiger charge is -2.28. The van der Waals surface area contributed by atoms with E-state index in [9.17, 15) is 9.90 Å². The van der Waals surface area contributed by atoms with Crippen molar-refractivity contribution in [2.24, 2.45) is 0 Å². The second-order valence-electron chi connectivity index (χ2n) is 6.24. The van der Waals surface area contributed by atoms with Crippen LogP contribution < -0.4 is 5.32 Å². The van der Waals surface area contributed by atoms with Gasteiger partial charge in [-0.25, -0.2) is 0 Å². The molecule has 0 saturated heterocycles. The Labute approximate surface area is 142 Å². The zero-order chi connectivity index (χ0) is 16.8. The average Bonchev–Trinajstić information content (AvgIpc) is 2.62. The maximum Gasteiger partial charge on any atom is 0.244 e. The van der Waals surface area contributed by atoms with Gasteiger partial charge in [0.05, 0.1) is 6.20 Å². The first-order chi connectivity index (χ1) is 11.7. The lowest BCUT2D eigenvalue weighted by Crippen LogP contribution is -2.36. The summed E-state index contributed by atoms with van der Waals surface area (Å²) in [5, 5.41) is 12.4. The van der Waals surface area contributed by atoms with Crippen molar-refractivity contribution in [1.82, 2.24) is 10.3 Å². The number of aromatic nitrogens is 1. The smallest absolute Gasteiger partial charge is 0.244 e. The van der Waals surface area contributed by atoms with E-state index in [4.69, 9.17) is 0 Å². The van der Waals surface area contributed by atoms with Crippen molar-refractivity contribution in [3.05, 3.63) is 66.0 Å². The highest BCUT2D eigenvalue weighted by Gasteiger charge is 2.23. The van der Waals surface area contributed by atoms with Crippen molar-refractivity contribution in [2.75, 3.05) is 0 Å². The first kappa shape index (κ1) is 16.2. The van der Waals surface area contributed by atoms with Gasteiger partial charge in [0.25, 0.3) is 0 Å². The number of pyridine rings is 1. The van der Waals surface area contributed by atoms with Gasteiger partial charge in [0.1, 0.15) is 5.75 Å². The number of carbonyl (C=O) groups excluding carboxylic acids is 1. The normalized spacial score (nSPS) is 20.8. The molecular weight excluding hydrogens is 300 g/mol. The van der Waals surface area contributed by atoms with Crippen LogP contribution in [0, 0.1) is 0 Å². The number of hydrogen-bond donors (Lipinski definition) is 2. The first-order valence-corrected chi connectivity index (χ1v) is 8.39. The topological polar surface area (TPSA) is 62.2 Å². The number of amides is 1. The molecule has 1 aromatic carbocycles. The van der Waals surface area contributed by atoms with E-state index in [0.29, 0.717) is 5.92 Å². The molecule has 0 aliphatic heterocycles. The molecule has 1 saturated carbocycles. The highest BCUT2D eigenvalue weighted by Crippen LogP contribution is 2.32. The monoisotopic (exact) mass is 322 g/mol. The van der Waals surface area contributed by atoms with Gasteiger partial charge in [0, 0.05) is 23.7 Å². The van der Waals surface area contributed by atoms with Crippen LogP contribution in [-0.4, -0.2) is 22.0 Å². The largest absolute Gasteiger partial charge is 0.506 e. The number of carbonyl (C=O) groups is 1. The summed E-state index contributed by atoms with van der Waals surface area (Å²) in [5.74, 6) is 0.577. The van der Waals surface area contributed by atoms with E-state index in [1.54, 1.807) is 12.1 Å². The molecule has 2 N–H and O–H groups in total. The third kappa shape index (κ3) is 4.44. The van der Waals surface area contributed by atoms with Crippen LogP contribution in [0.5, 0.6) is 5.75 Å². The molecule has 2 aromatic rings. The van der Waals surface area contributed by atoms with Gasteiger partial charge in [0.2, 0.25) is 5.91 Å². The standard InChI is InChI=1S/C20H22N2O2/c23-18-11-12-19(21-14-18)16-7-9-17(10-8-16)22-20(24)13-6-15-4-2-1-3-5-15/h1-6,11-14,16-17,23H,7-10H2,(H,22,24)/b13-6+. The van der Waals surface area contributed by atoms with E-state index in [2.05, 4.69) is 10.3 Å². The summed E-state index contributed by atoms with van der Waals surface area (Å²) in [7, 11) is 0. The predicted octanol–water partition coefficient (Wildman–Crippen LogP) is 3.64. The van der Waals surface area contributed by atoms with Crippen molar-refractivity contribution in [3.63, 3.8) is 0 Å². The zero-order valence-electron chi connectivity index (χ0n) is 13.6. The van der Waals surface area contributed by atoms with Crippen LogP contribution in [0.15, 0.2) is 54.7 Å². The van der Waals surface area contributed by atoms with E-state index in [-0.39, 0.29) is 17.7 Å². The Morgan fingerprint density at radius 1 is 1.08 bits per heavy atom. The fourth-order valence-electron chi connectivity index (χ4n) is 3.16. The minimum Gasteiger partial charge on any atom is -0.506 e. The fraction of sp³-hybridized carbons (Fsp3) is 0.300. The number of benzene rings is 1. The second-order valence-corrected chi connectivity index (χ2v) is 6.24. The van der Waals surface area contributed by atoms with E-state index in [0.717, 1.165) is 36.9 Å². The van der Waals surface area contributed by atoms with Crippen LogP contribution >= 0.6 is 0 Å². The molecule has 1 heterocycles. The minimum absolute atomic E-state index is 0.0370. The van der Waals surface area contributed by atoms with Gasteiger partial charge in [-0.1, -0.05) is 30.3 Å². The van der Waals surface area contributed by atoms with Crippen LogP contribution in [0.2, 0.25) is 0 Å². The third-order valence-corrected chi connectivity index (χ3v) is 4.49. The number of nitrogens with one attached hydrogen (secondary N) is 1. The number of hydrogen-bond acceptors (Lipinski definition) is 3. The molecule has 1 amide bonds. The molecule has 3 rings (SSSR count). The fourth-order valence-corrected chi connectivity index (χ4v) is 3.16. The Balaban J connectivity index is 1.47. The van der Waals surface area contributed by atoms with Crippen molar-refractivity contribution in [3.8, 4) is 5.75 Å². The highest BCUT2D eigenvalue weighted by atomic mass is 16.3. The molecular formula is C20H22N2O2. The Hall–Kier alpha value is -2.62. The molecule has 4 heteroatoms. The predicted molar refractivity (Wildman–Crippen MR) is 94.5 cm³/mol. The van der Waals surface area contributed by atoms with Crippen LogP contribution in [0.4, 0.5) is 0 Å². The molecule has 1 aromatic heterocycles. The summed E-state index contributed by atoms with van der Waals surface area (Å²) in [5.41, 5.74) is 2.05. The molecule has 0 radical (unpaired) electrons. The summed E-state index contributed by atoms with van der Waals surface area (Å²) in [6, 6.07) is 13.6. The van der Waals surface area contributed by atoms with Crippen LogP contribution in [0.1, 0.15) is 42.9 Å². The number of nitrogens with zero attached hydrogens (tertiary/aromatic N) is 1. The molecule has 0 unspecified atom stereocenters.